The van der Waals surface area contributed by atoms with Gasteiger partial charge in [-0.15, -0.1) is 0 Å². The second-order valence-electron chi connectivity index (χ2n) is 10.5. The van der Waals surface area contributed by atoms with Crippen LogP contribution >= 0.6 is 11.6 Å². The summed E-state index contributed by atoms with van der Waals surface area (Å²) in [6.07, 6.45) is 15.3. The highest BCUT2D eigenvalue weighted by molar-refractivity contribution is 6.30. The zero-order chi connectivity index (χ0) is 30.0. The summed E-state index contributed by atoms with van der Waals surface area (Å²) >= 11 is 5.92. The minimum atomic E-state index is -0.541. The van der Waals surface area contributed by atoms with Crippen molar-refractivity contribution in [1.82, 2.24) is 10.7 Å². The molecule has 0 aromatic heterocycles. The van der Waals surface area contributed by atoms with E-state index in [1.54, 1.807) is 30.3 Å². The molecule has 0 aliphatic rings. The average Bonchev–Trinajstić information content (AvgIpc) is 3.00. The van der Waals surface area contributed by atoms with Crippen LogP contribution in [-0.4, -0.2) is 30.5 Å². The topological polar surface area (TPSA) is 96.9 Å². The lowest BCUT2D eigenvalue weighted by Gasteiger charge is -2.11. The summed E-state index contributed by atoms with van der Waals surface area (Å²) in [6, 6.07) is 17.5. The number of unbranched alkanes of at least 4 members (excludes halogenated alkanes) is 10. The highest BCUT2D eigenvalue weighted by atomic mass is 35.5. The van der Waals surface area contributed by atoms with E-state index >= 15 is 0 Å². The first-order valence-electron chi connectivity index (χ1n) is 15.1. The van der Waals surface area contributed by atoms with Crippen LogP contribution in [0.2, 0.25) is 5.02 Å². The number of ether oxygens (including phenoxy) is 1. The Kier molecular flexibility index (Phi) is 14.6. The minimum absolute atomic E-state index is 0.143. The summed E-state index contributed by atoms with van der Waals surface area (Å²) in [7, 11) is 0. The minimum Gasteiger partial charge on any atom is -0.422 e. The number of esters is 1. The van der Waals surface area contributed by atoms with Gasteiger partial charge in [-0.05, 0) is 47.5 Å². The Morgan fingerprint density at radius 1 is 0.786 bits per heavy atom. The van der Waals surface area contributed by atoms with Crippen LogP contribution in [0.5, 0.6) is 5.75 Å². The smallest absolute Gasteiger partial charge is 0.343 e. The van der Waals surface area contributed by atoms with Crippen molar-refractivity contribution in [3.8, 4) is 5.75 Å². The molecule has 2 amide bonds. The number of carbonyl (C=O) groups excluding carboxylic acids is 3. The van der Waals surface area contributed by atoms with Crippen molar-refractivity contribution < 1.29 is 19.1 Å². The molecule has 7 nitrogen and oxygen atoms in total. The summed E-state index contributed by atoms with van der Waals surface area (Å²) in [5.74, 6) is -0.831. The SMILES string of the molecule is CCCCCCCCCCCCCC(=O)NCC(=O)N/N=C\c1c(OC(=O)c2ccc(Cl)cc2)ccc2ccccc12. The number of carbonyl (C=O) groups is 3. The Labute approximate surface area is 254 Å². The Morgan fingerprint density at radius 3 is 2.12 bits per heavy atom. The number of benzene rings is 3. The number of hydrogen-bond donors (Lipinski definition) is 2. The normalized spacial score (nSPS) is 11.1. The zero-order valence-electron chi connectivity index (χ0n) is 24.5. The summed E-state index contributed by atoms with van der Waals surface area (Å²) < 4.78 is 5.66. The fourth-order valence-electron chi connectivity index (χ4n) is 4.67. The second-order valence-corrected chi connectivity index (χ2v) is 10.9. The lowest BCUT2D eigenvalue weighted by molar-refractivity contribution is -0.126. The second kappa shape index (κ2) is 18.7. The molecule has 0 spiro atoms. The molecular weight excluding hydrogens is 550 g/mol. The number of rotatable bonds is 18. The molecule has 0 aliphatic heterocycles. The van der Waals surface area contributed by atoms with Gasteiger partial charge in [-0.2, -0.15) is 5.10 Å². The molecule has 8 heteroatoms. The van der Waals surface area contributed by atoms with Gasteiger partial charge in [0.15, 0.2) is 0 Å². The number of nitrogens with one attached hydrogen (secondary N) is 2. The first-order chi connectivity index (χ1) is 20.5. The quantitative estimate of drug-likeness (QED) is 0.0515. The number of halogens is 1. The lowest BCUT2D eigenvalue weighted by Crippen LogP contribution is -2.34. The third-order valence-corrected chi connectivity index (χ3v) is 7.30. The third kappa shape index (κ3) is 11.6. The number of nitrogens with zero attached hydrogens (tertiary/aromatic N) is 1. The van der Waals surface area contributed by atoms with Crippen molar-refractivity contribution in [3.05, 3.63) is 76.8 Å². The van der Waals surface area contributed by atoms with Gasteiger partial charge in [0.1, 0.15) is 5.75 Å². The number of fused-ring (bicyclic) bond motifs is 1. The lowest BCUT2D eigenvalue weighted by atomic mass is 10.0. The number of hydrogen-bond acceptors (Lipinski definition) is 5. The van der Waals surface area contributed by atoms with Gasteiger partial charge in [0.2, 0.25) is 5.91 Å². The van der Waals surface area contributed by atoms with Gasteiger partial charge in [0.05, 0.1) is 18.3 Å². The van der Waals surface area contributed by atoms with E-state index in [1.807, 2.05) is 30.3 Å². The van der Waals surface area contributed by atoms with Crippen LogP contribution in [0.15, 0.2) is 65.8 Å². The van der Waals surface area contributed by atoms with Gasteiger partial charge < -0.3 is 10.1 Å². The van der Waals surface area contributed by atoms with Crippen molar-refractivity contribution in [3.63, 3.8) is 0 Å². The standard InChI is InChI=1S/C34H42ClN3O4/c1-2-3-4-5-6-7-8-9-10-11-12-17-32(39)36-25-33(40)38-37-24-30-29-16-14-13-15-26(29)20-23-31(30)42-34(41)27-18-21-28(35)22-19-27/h13-16,18-24H,2-12,17,25H2,1H3,(H,36,39)(H,38,40)/b37-24-. The number of hydrazone groups is 1. The van der Waals surface area contributed by atoms with Crippen molar-refractivity contribution in [2.75, 3.05) is 6.54 Å². The predicted octanol–water partition coefficient (Wildman–Crippen LogP) is 7.98. The predicted molar refractivity (Wildman–Crippen MR) is 170 cm³/mol. The van der Waals surface area contributed by atoms with Crippen molar-refractivity contribution >= 4 is 46.4 Å². The molecule has 3 aromatic rings. The Hall–Kier alpha value is -3.71. The fourth-order valence-corrected chi connectivity index (χ4v) is 4.79. The van der Waals surface area contributed by atoms with E-state index in [4.69, 9.17) is 16.3 Å². The molecule has 0 unspecified atom stereocenters. The van der Waals surface area contributed by atoms with Gasteiger partial charge in [-0.1, -0.05) is 113 Å². The van der Waals surface area contributed by atoms with E-state index in [-0.39, 0.29) is 12.5 Å². The van der Waals surface area contributed by atoms with E-state index in [0.29, 0.717) is 28.3 Å². The molecule has 0 aliphatic carbocycles. The largest absolute Gasteiger partial charge is 0.422 e. The summed E-state index contributed by atoms with van der Waals surface area (Å²) in [5.41, 5.74) is 3.33. The summed E-state index contributed by atoms with van der Waals surface area (Å²) in [4.78, 5) is 37.2. The van der Waals surface area contributed by atoms with E-state index in [1.165, 1.54) is 57.6 Å². The van der Waals surface area contributed by atoms with Crippen LogP contribution in [0.1, 0.15) is 99.9 Å². The molecule has 0 heterocycles. The molecule has 0 fully saturated rings. The number of amides is 2. The van der Waals surface area contributed by atoms with Gasteiger partial charge in [-0.3, -0.25) is 9.59 Å². The van der Waals surface area contributed by atoms with E-state index < -0.39 is 11.9 Å². The fraction of sp³-hybridized carbons (Fsp3) is 0.412. The van der Waals surface area contributed by atoms with E-state index in [2.05, 4.69) is 22.8 Å². The highest BCUT2D eigenvalue weighted by Gasteiger charge is 2.14. The van der Waals surface area contributed by atoms with E-state index in [9.17, 15) is 14.4 Å². The monoisotopic (exact) mass is 591 g/mol. The molecule has 2 N–H and O–H groups in total. The van der Waals surface area contributed by atoms with Crippen LogP contribution in [0.25, 0.3) is 10.8 Å². The maximum atomic E-state index is 12.7. The van der Waals surface area contributed by atoms with Gasteiger partial charge >= 0.3 is 5.97 Å². The van der Waals surface area contributed by atoms with Gasteiger partial charge in [0.25, 0.3) is 5.91 Å². The average molecular weight is 592 g/mol. The van der Waals surface area contributed by atoms with Crippen molar-refractivity contribution in [2.24, 2.45) is 5.10 Å². The Balaban J connectivity index is 1.42. The molecule has 0 bridgehead atoms. The third-order valence-electron chi connectivity index (χ3n) is 7.05. The van der Waals surface area contributed by atoms with E-state index in [0.717, 1.165) is 30.0 Å². The highest BCUT2D eigenvalue weighted by Crippen LogP contribution is 2.27. The van der Waals surface area contributed by atoms with Crippen LogP contribution in [0, 0.1) is 0 Å². The molecule has 0 radical (unpaired) electrons. The maximum Gasteiger partial charge on any atom is 0.343 e. The molecule has 224 valence electrons. The molecule has 3 aromatic carbocycles. The van der Waals surface area contributed by atoms with Gasteiger partial charge in [-0.25, -0.2) is 10.2 Å². The summed E-state index contributed by atoms with van der Waals surface area (Å²) in [6.45, 7) is 2.07. The first-order valence-corrected chi connectivity index (χ1v) is 15.4. The molecule has 0 atom stereocenters. The Morgan fingerprint density at radius 2 is 1.43 bits per heavy atom. The van der Waals surface area contributed by atoms with Crippen LogP contribution in [0.4, 0.5) is 0 Å². The van der Waals surface area contributed by atoms with Crippen molar-refractivity contribution in [2.45, 2.75) is 84.0 Å². The molecule has 42 heavy (non-hydrogen) atoms. The zero-order valence-corrected chi connectivity index (χ0v) is 25.3. The molecule has 3 rings (SSSR count). The van der Waals surface area contributed by atoms with Crippen molar-refractivity contribution in [1.29, 1.82) is 0 Å². The Bertz CT molecular complexity index is 1320. The molecule has 0 saturated carbocycles. The van der Waals surface area contributed by atoms with Crippen LogP contribution < -0.4 is 15.5 Å². The van der Waals surface area contributed by atoms with Gasteiger partial charge in [0, 0.05) is 17.0 Å². The van der Waals surface area contributed by atoms with Crippen LogP contribution in [0.3, 0.4) is 0 Å². The van der Waals surface area contributed by atoms with Crippen LogP contribution in [-0.2, 0) is 9.59 Å². The molecular formula is C34H42ClN3O4. The molecule has 0 saturated heterocycles. The first kappa shape index (κ1) is 32.8. The summed E-state index contributed by atoms with van der Waals surface area (Å²) in [5, 5.41) is 8.97. The maximum absolute atomic E-state index is 12.7.